The van der Waals surface area contributed by atoms with Gasteiger partial charge in [0.05, 0.1) is 27.7 Å². The summed E-state index contributed by atoms with van der Waals surface area (Å²) in [6.07, 6.45) is -4.69. The van der Waals surface area contributed by atoms with Gasteiger partial charge in [0.2, 0.25) is 15.9 Å². The number of amides is 1. The summed E-state index contributed by atoms with van der Waals surface area (Å²) in [5.41, 5.74) is -1.24. The van der Waals surface area contributed by atoms with E-state index in [1.165, 1.54) is 0 Å². The van der Waals surface area contributed by atoms with Gasteiger partial charge >= 0.3 is 6.18 Å². The zero-order valence-corrected chi connectivity index (χ0v) is 18.2. The summed E-state index contributed by atoms with van der Waals surface area (Å²) < 4.78 is 70.9. The van der Waals surface area contributed by atoms with E-state index in [-0.39, 0.29) is 31.1 Å². The fourth-order valence-corrected chi connectivity index (χ4v) is 4.46. The second kappa shape index (κ2) is 10.3. The van der Waals surface area contributed by atoms with Gasteiger partial charge in [-0.3, -0.25) is 9.69 Å². The number of nitrogens with zero attached hydrogens (tertiary/aromatic N) is 1. The van der Waals surface area contributed by atoms with Gasteiger partial charge < -0.3 is 10.1 Å². The molecule has 0 spiro atoms. The molecule has 2 rings (SSSR count). The molecule has 0 saturated carbocycles. The van der Waals surface area contributed by atoms with Crippen LogP contribution in [0.3, 0.4) is 0 Å². The third kappa shape index (κ3) is 7.38. The number of carbonyl (C=O) groups is 1. The second-order valence-corrected chi connectivity index (χ2v) is 9.33. The summed E-state index contributed by atoms with van der Waals surface area (Å²) in [6, 6.07) is 2.32. The number of sulfonamides is 1. The van der Waals surface area contributed by atoms with Crippen LogP contribution in [-0.2, 0) is 25.7 Å². The molecule has 2 unspecified atom stereocenters. The van der Waals surface area contributed by atoms with Crippen LogP contribution in [0.25, 0.3) is 0 Å². The Morgan fingerprint density at radius 1 is 1.23 bits per heavy atom. The Balaban J connectivity index is 1.79. The molecule has 170 valence electrons. The first kappa shape index (κ1) is 24.9. The minimum Gasteiger partial charge on any atom is -0.373 e. The van der Waals surface area contributed by atoms with E-state index in [0.717, 1.165) is 25.2 Å². The fourth-order valence-electron chi connectivity index (χ4n) is 3.18. The van der Waals surface area contributed by atoms with Crippen LogP contribution in [0.15, 0.2) is 23.1 Å². The Bertz CT molecular complexity index is 842. The van der Waals surface area contributed by atoms with Gasteiger partial charge in [0.1, 0.15) is 0 Å². The molecule has 1 aromatic carbocycles. The van der Waals surface area contributed by atoms with E-state index >= 15 is 0 Å². The van der Waals surface area contributed by atoms with E-state index in [1.807, 2.05) is 13.8 Å². The quantitative estimate of drug-likeness (QED) is 0.607. The molecule has 0 aromatic heterocycles. The molecule has 0 aliphatic carbocycles. The molecule has 1 fully saturated rings. The minimum absolute atomic E-state index is 0.115. The summed E-state index contributed by atoms with van der Waals surface area (Å²) in [7, 11) is -4.22. The van der Waals surface area contributed by atoms with Crippen molar-refractivity contribution in [3.8, 4) is 0 Å². The molecule has 1 aromatic rings. The molecule has 0 radical (unpaired) electrons. The Labute approximate surface area is 179 Å². The molecule has 7 nitrogen and oxygen atoms in total. The number of ether oxygens (including phenoxy) is 1. The lowest BCUT2D eigenvalue weighted by atomic mass is 10.2. The van der Waals surface area contributed by atoms with E-state index in [4.69, 9.17) is 16.3 Å². The smallest absolute Gasteiger partial charge is 0.373 e. The topological polar surface area (TPSA) is 87.7 Å². The van der Waals surface area contributed by atoms with Crippen LogP contribution in [0.4, 0.5) is 13.2 Å². The molecule has 2 atom stereocenters. The number of hydrogen-bond acceptors (Lipinski definition) is 5. The minimum atomic E-state index is -4.78. The van der Waals surface area contributed by atoms with Gasteiger partial charge in [0.25, 0.3) is 0 Å². The van der Waals surface area contributed by atoms with Crippen molar-refractivity contribution in [1.29, 1.82) is 0 Å². The molecule has 1 aliphatic heterocycles. The number of morpholine rings is 1. The van der Waals surface area contributed by atoms with Crippen molar-refractivity contribution in [2.75, 3.05) is 32.7 Å². The maximum absolute atomic E-state index is 12.9. The lowest BCUT2D eigenvalue weighted by molar-refractivity contribution is -0.137. The Hall–Kier alpha value is -1.40. The summed E-state index contributed by atoms with van der Waals surface area (Å²) in [5, 5.41) is 2.11. The van der Waals surface area contributed by atoms with Crippen molar-refractivity contribution in [3.63, 3.8) is 0 Å². The molecular weight excluding hydrogens is 447 g/mol. The first-order chi connectivity index (χ1) is 13.9. The van der Waals surface area contributed by atoms with Crippen molar-refractivity contribution in [1.82, 2.24) is 14.9 Å². The van der Waals surface area contributed by atoms with Crippen LogP contribution >= 0.6 is 11.6 Å². The lowest BCUT2D eigenvalue weighted by Crippen LogP contribution is -2.48. The molecular formula is C18H25ClF3N3O4S. The maximum atomic E-state index is 12.9. The number of halogens is 4. The molecule has 1 heterocycles. The van der Waals surface area contributed by atoms with Crippen molar-refractivity contribution < 1.29 is 31.1 Å². The van der Waals surface area contributed by atoms with Gasteiger partial charge in [-0.15, -0.1) is 0 Å². The molecule has 2 N–H and O–H groups in total. The number of carbonyl (C=O) groups excluding carboxylic acids is 1. The first-order valence-electron chi connectivity index (χ1n) is 9.39. The first-order valence-corrected chi connectivity index (χ1v) is 11.3. The van der Waals surface area contributed by atoms with Crippen molar-refractivity contribution in [2.24, 2.45) is 0 Å². The van der Waals surface area contributed by atoms with E-state index in [2.05, 4.69) is 14.9 Å². The van der Waals surface area contributed by atoms with Gasteiger partial charge in [0, 0.05) is 39.1 Å². The van der Waals surface area contributed by atoms with Crippen LogP contribution in [-0.4, -0.2) is 64.2 Å². The van der Waals surface area contributed by atoms with Gasteiger partial charge in [0.15, 0.2) is 0 Å². The normalized spacial score (nSPS) is 20.9. The Kier molecular flexibility index (Phi) is 8.51. The largest absolute Gasteiger partial charge is 0.417 e. The van der Waals surface area contributed by atoms with E-state index in [0.29, 0.717) is 19.2 Å². The molecule has 12 heteroatoms. The number of rotatable bonds is 8. The van der Waals surface area contributed by atoms with Crippen LogP contribution in [0, 0.1) is 0 Å². The van der Waals surface area contributed by atoms with Crippen molar-refractivity contribution >= 4 is 27.5 Å². The molecule has 1 amide bonds. The van der Waals surface area contributed by atoms with E-state index < -0.39 is 31.7 Å². The zero-order chi connectivity index (χ0) is 22.5. The monoisotopic (exact) mass is 471 g/mol. The van der Waals surface area contributed by atoms with Crippen molar-refractivity contribution in [3.05, 3.63) is 28.8 Å². The standard InChI is InChI=1S/C18H25ClF3N3O4S/c1-12-10-25(11-13(2)29-12)8-7-23-17(26)5-6-24-30(27,28)14-3-4-16(19)15(9-14)18(20,21)22/h3-4,9,12-13,24H,5-8,10-11H2,1-2H3,(H,23,26). The summed E-state index contributed by atoms with van der Waals surface area (Å²) in [6.45, 7) is 6.28. The summed E-state index contributed by atoms with van der Waals surface area (Å²) in [5.74, 6) is -0.362. The van der Waals surface area contributed by atoms with Gasteiger partial charge in [-0.05, 0) is 32.0 Å². The van der Waals surface area contributed by atoms with Crippen LogP contribution in [0.5, 0.6) is 0 Å². The highest BCUT2D eigenvalue weighted by Gasteiger charge is 2.34. The van der Waals surface area contributed by atoms with E-state index in [1.54, 1.807) is 0 Å². The molecule has 30 heavy (non-hydrogen) atoms. The summed E-state index contributed by atoms with van der Waals surface area (Å²) in [4.78, 5) is 13.5. The van der Waals surface area contributed by atoms with Crippen LogP contribution in [0.2, 0.25) is 5.02 Å². The summed E-state index contributed by atoms with van der Waals surface area (Å²) >= 11 is 5.50. The molecule has 1 saturated heterocycles. The average molecular weight is 472 g/mol. The lowest BCUT2D eigenvalue weighted by Gasteiger charge is -2.35. The predicted octanol–water partition coefficient (Wildman–Crippen LogP) is 2.25. The van der Waals surface area contributed by atoms with Gasteiger partial charge in [-0.25, -0.2) is 13.1 Å². The van der Waals surface area contributed by atoms with Crippen molar-refractivity contribution in [2.45, 2.75) is 43.5 Å². The second-order valence-electron chi connectivity index (χ2n) is 7.15. The fraction of sp³-hybridized carbons (Fsp3) is 0.611. The van der Waals surface area contributed by atoms with Crippen LogP contribution < -0.4 is 10.0 Å². The average Bonchev–Trinajstić information content (AvgIpc) is 2.60. The Morgan fingerprint density at radius 2 is 1.87 bits per heavy atom. The third-order valence-corrected chi connectivity index (χ3v) is 6.23. The number of alkyl halides is 3. The third-order valence-electron chi connectivity index (χ3n) is 4.44. The highest BCUT2D eigenvalue weighted by Crippen LogP contribution is 2.35. The highest BCUT2D eigenvalue weighted by molar-refractivity contribution is 7.89. The van der Waals surface area contributed by atoms with E-state index in [9.17, 15) is 26.4 Å². The molecule has 1 aliphatic rings. The maximum Gasteiger partial charge on any atom is 0.417 e. The SMILES string of the molecule is CC1CN(CCNC(=O)CCNS(=O)(=O)c2ccc(Cl)c(C(F)(F)F)c2)CC(C)O1. The number of nitrogens with one attached hydrogen (secondary N) is 2. The van der Waals surface area contributed by atoms with Gasteiger partial charge in [-0.1, -0.05) is 11.6 Å². The van der Waals surface area contributed by atoms with Crippen LogP contribution in [0.1, 0.15) is 25.8 Å². The Morgan fingerprint density at radius 3 is 2.47 bits per heavy atom. The predicted molar refractivity (Wildman–Crippen MR) is 106 cm³/mol. The molecule has 0 bridgehead atoms. The van der Waals surface area contributed by atoms with Gasteiger partial charge in [-0.2, -0.15) is 13.2 Å². The zero-order valence-electron chi connectivity index (χ0n) is 16.6. The highest BCUT2D eigenvalue weighted by atomic mass is 35.5. The number of hydrogen-bond donors (Lipinski definition) is 2. The number of benzene rings is 1.